The minimum atomic E-state index is -0.938. The summed E-state index contributed by atoms with van der Waals surface area (Å²) in [5, 5.41) is 27.4. The fraction of sp³-hybridized carbons (Fsp3) is 0.862. The number of cyclic esters (lactones) is 1. The van der Waals surface area contributed by atoms with Crippen LogP contribution in [0.15, 0.2) is 11.6 Å². The zero-order chi connectivity index (χ0) is 26.2. The molecule has 5 fully saturated rings. The number of aliphatic hydroxyl groups excluding tert-OH is 1. The number of likely N-dealkylation sites (N-methyl/N-ethyl adjacent to an activating group) is 1. The van der Waals surface area contributed by atoms with Crippen LogP contribution >= 0.6 is 0 Å². The first-order valence-corrected chi connectivity index (χ1v) is 14.6. The Bertz CT molecular complexity index is 979. The number of carbonyl (C=O) groups is 2. The maximum Gasteiger partial charge on any atom is 0.331 e. The first-order valence-electron chi connectivity index (χ1n) is 14.6. The highest BCUT2D eigenvalue weighted by molar-refractivity contribution is 5.85. The van der Waals surface area contributed by atoms with E-state index in [9.17, 15) is 19.8 Å². The number of hydrogen-bond acceptors (Lipinski definition) is 6. The summed E-state index contributed by atoms with van der Waals surface area (Å²) in [5.41, 5.74) is -0.602. The number of fused-ring (bicyclic) bond motifs is 5. The number of urea groups is 1. The van der Waals surface area contributed by atoms with E-state index in [0.717, 1.165) is 70.3 Å². The third kappa shape index (κ3) is 3.80. The molecule has 6 rings (SSSR count). The topological polar surface area (TPSA) is 102 Å². The van der Waals surface area contributed by atoms with E-state index in [2.05, 4.69) is 31.1 Å². The number of ether oxygens (including phenoxy) is 1. The first kappa shape index (κ1) is 25.6. The molecule has 0 radical (unpaired) electrons. The molecule has 9 atom stereocenters. The molecule has 8 heteroatoms. The molecule has 8 nitrogen and oxygen atoms in total. The van der Waals surface area contributed by atoms with E-state index >= 15 is 0 Å². The summed E-state index contributed by atoms with van der Waals surface area (Å²) in [5.74, 6) is 0.582. The Morgan fingerprint density at radius 2 is 1.81 bits per heavy atom. The van der Waals surface area contributed by atoms with Crippen LogP contribution in [0.1, 0.15) is 65.2 Å². The van der Waals surface area contributed by atoms with Crippen LogP contribution in [0.25, 0.3) is 0 Å². The zero-order valence-corrected chi connectivity index (χ0v) is 22.7. The van der Waals surface area contributed by atoms with E-state index in [1.807, 2.05) is 4.90 Å². The number of nitrogens with zero attached hydrogens (tertiary/aromatic N) is 2. The van der Waals surface area contributed by atoms with Gasteiger partial charge in [0.25, 0.3) is 0 Å². The van der Waals surface area contributed by atoms with Crippen LogP contribution in [0.3, 0.4) is 0 Å². The second-order valence-corrected chi connectivity index (χ2v) is 13.6. The van der Waals surface area contributed by atoms with Gasteiger partial charge in [0, 0.05) is 43.7 Å². The Morgan fingerprint density at radius 3 is 2.51 bits per heavy atom. The lowest BCUT2D eigenvalue weighted by Crippen LogP contribution is -2.67. The molecule has 0 bridgehead atoms. The number of piperazine rings is 1. The molecule has 1 unspecified atom stereocenters. The highest BCUT2D eigenvalue weighted by Crippen LogP contribution is 2.69. The minimum absolute atomic E-state index is 0.0223. The van der Waals surface area contributed by atoms with E-state index in [4.69, 9.17) is 4.74 Å². The summed E-state index contributed by atoms with van der Waals surface area (Å²) in [6.45, 7) is 8.16. The second kappa shape index (κ2) is 8.95. The van der Waals surface area contributed by atoms with Gasteiger partial charge in [0.15, 0.2) is 0 Å². The summed E-state index contributed by atoms with van der Waals surface area (Å²) in [4.78, 5) is 29.0. The molecule has 2 heterocycles. The predicted octanol–water partition coefficient (Wildman–Crippen LogP) is 2.54. The Balaban J connectivity index is 1.17. The van der Waals surface area contributed by atoms with E-state index in [1.165, 1.54) is 0 Å². The van der Waals surface area contributed by atoms with Gasteiger partial charge in [-0.15, -0.1) is 0 Å². The third-order valence-electron chi connectivity index (χ3n) is 12.2. The molecule has 3 N–H and O–H groups in total. The van der Waals surface area contributed by atoms with Crippen molar-refractivity contribution in [2.24, 2.45) is 34.5 Å². The Kier molecular flexibility index (Phi) is 6.20. The van der Waals surface area contributed by atoms with Crippen molar-refractivity contribution in [2.75, 3.05) is 39.8 Å². The van der Waals surface area contributed by atoms with Crippen molar-refractivity contribution in [3.63, 3.8) is 0 Å². The molecule has 206 valence electrons. The number of esters is 1. The maximum absolute atomic E-state index is 12.9. The molecule has 1 saturated heterocycles. The molecule has 4 saturated carbocycles. The van der Waals surface area contributed by atoms with Gasteiger partial charge in [-0.1, -0.05) is 13.8 Å². The average Bonchev–Trinajstić information content (AvgIpc) is 3.41. The van der Waals surface area contributed by atoms with Crippen molar-refractivity contribution >= 4 is 12.0 Å². The molecule has 0 aromatic carbocycles. The van der Waals surface area contributed by atoms with Crippen LogP contribution in [0.2, 0.25) is 0 Å². The number of amides is 2. The van der Waals surface area contributed by atoms with Crippen molar-refractivity contribution < 1.29 is 24.5 Å². The van der Waals surface area contributed by atoms with Crippen LogP contribution in [-0.4, -0.2) is 89.6 Å². The standard InChI is InChI=1S/C29H45N3O5/c1-27-8-6-20(30-26(35)32-12-10-31(3)11-13-32)15-19(27)4-5-22-23(27)16-24(33)28(2)21(7-9-29(22,28)36)18-14-25(34)37-17-18/h14,19-24,33,36H,4-13,15-17H2,1-3H3,(H,30,35)/t19-,20+,21-,22-,23+,24-,27+,28?,29+/m1/s1. The minimum Gasteiger partial charge on any atom is -0.458 e. The lowest BCUT2D eigenvalue weighted by molar-refractivity contribution is -0.242. The summed E-state index contributed by atoms with van der Waals surface area (Å²) >= 11 is 0. The predicted molar refractivity (Wildman–Crippen MR) is 138 cm³/mol. The number of nitrogens with one attached hydrogen (secondary N) is 1. The smallest absolute Gasteiger partial charge is 0.331 e. The zero-order valence-electron chi connectivity index (χ0n) is 22.7. The average molecular weight is 516 g/mol. The van der Waals surface area contributed by atoms with Crippen LogP contribution in [0.4, 0.5) is 4.79 Å². The summed E-state index contributed by atoms with van der Waals surface area (Å²) < 4.78 is 5.22. The number of hydrogen-bond donors (Lipinski definition) is 3. The highest BCUT2D eigenvalue weighted by Gasteiger charge is 2.70. The van der Waals surface area contributed by atoms with Gasteiger partial charge >= 0.3 is 12.0 Å². The van der Waals surface area contributed by atoms with Gasteiger partial charge in [-0.25, -0.2) is 9.59 Å². The normalized spacial score (nSPS) is 48.0. The van der Waals surface area contributed by atoms with E-state index in [0.29, 0.717) is 18.8 Å². The summed E-state index contributed by atoms with van der Waals surface area (Å²) in [6.07, 6.45) is 8.11. The molecule has 2 aliphatic heterocycles. The monoisotopic (exact) mass is 515 g/mol. The van der Waals surface area contributed by atoms with Gasteiger partial charge in [0.05, 0.1) is 11.7 Å². The van der Waals surface area contributed by atoms with Crippen molar-refractivity contribution in [3.8, 4) is 0 Å². The van der Waals surface area contributed by atoms with Crippen molar-refractivity contribution in [1.29, 1.82) is 0 Å². The fourth-order valence-corrected chi connectivity index (χ4v) is 9.80. The summed E-state index contributed by atoms with van der Waals surface area (Å²) in [6, 6.07) is 0.278. The van der Waals surface area contributed by atoms with Crippen LogP contribution < -0.4 is 5.32 Å². The van der Waals surface area contributed by atoms with Crippen molar-refractivity contribution in [2.45, 2.75) is 83.0 Å². The SMILES string of the molecule is CN1CCN(C(=O)N[C@H]2CC[C@@]3(C)[C@H](CC[C@@H]4[C@@H]3C[C@@H](O)C3(C)[C@@H](C5=CC(=O)OC5)CC[C@]43O)C2)CC1. The van der Waals surface area contributed by atoms with Gasteiger partial charge in [-0.3, -0.25) is 0 Å². The molecule has 2 amide bonds. The second-order valence-electron chi connectivity index (χ2n) is 13.6. The molecule has 4 aliphatic carbocycles. The van der Waals surface area contributed by atoms with Gasteiger partial charge in [-0.05, 0) is 93.1 Å². The quantitative estimate of drug-likeness (QED) is 0.489. The highest BCUT2D eigenvalue weighted by atomic mass is 16.5. The van der Waals surface area contributed by atoms with Gasteiger partial charge in [-0.2, -0.15) is 0 Å². The fourth-order valence-electron chi connectivity index (χ4n) is 9.80. The summed E-state index contributed by atoms with van der Waals surface area (Å²) in [7, 11) is 2.10. The van der Waals surface area contributed by atoms with Crippen molar-refractivity contribution in [3.05, 3.63) is 11.6 Å². The van der Waals surface area contributed by atoms with Gasteiger partial charge < -0.3 is 30.1 Å². The lowest BCUT2D eigenvalue weighted by atomic mass is 9.42. The molecular weight excluding hydrogens is 470 g/mol. The van der Waals surface area contributed by atoms with E-state index in [1.54, 1.807) is 6.08 Å². The Labute approximate surface area is 220 Å². The van der Waals surface area contributed by atoms with Gasteiger partial charge in [0.1, 0.15) is 6.61 Å². The first-order chi connectivity index (χ1) is 17.6. The molecule has 0 aromatic heterocycles. The lowest BCUT2D eigenvalue weighted by Gasteiger charge is -2.65. The number of aliphatic hydroxyl groups is 2. The molecule has 6 aliphatic rings. The molecule has 37 heavy (non-hydrogen) atoms. The largest absolute Gasteiger partial charge is 0.458 e. The maximum atomic E-state index is 12.9. The molecule has 0 aromatic rings. The van der Waals surface area contributed by atoms with Crippen LogP contribution in [0, 0.1) is 34.5 Å². The van der Waals surface area contributed by atoms with Crippen LogP contribution in [0.5, 0.6) is 0 Å². The Morgan fingerprint density at radius 1 is 1.05 bits per heavy atom. The Hall–Kier alpha value is -1.64. The van der Waals surface area contributed by atoms with E-state index < -0.39 is 17.1 Å². The van der Waals surface area contributed by atoms with E-state index in [-0.39, 0.29) is 47.8 Å². The number of rotatable bonds is 2. The number of carbonyl (C=O) groups excluding carboxylic acids is 2. The molecular formula is C29H45N3O5. The third-order valence-corrected chi connectivity index (χ3v) is 12.2. The van der Waals surface area contributed by atoms with Crippen molar-refractivity contribution in [1.82, 2.24) is 15.1 Å². The van der Waals surface area contributed by atoms with Gasteiger partial charge in [0.2, 0.25) is 0 Å². The molecule has 0 spiro atoms. The van der Waals surface area contributed by atoms with Crippen LogP contribution in [-0.2, 0) is 9.53 Å².